The maximum Gasteiger partial charge on any atom is 0.251 e. The smallest absolute Gasteiger partial charge is 0.251 e. The molecule has 5 heteroatoms. The van der Waals surface area contributed by atoms with E-state index >= 15 is 0 Å². The lowest BCUT2D eigenvalue weighted by Gasteiger charge is -2.10. The minimum atomic E-state index is -0.137. The van der Waals surface area contributed by atoms with E-state index in [1.807, 2.05) is 31.2 Å². The van der Waals surface area contributed by atoms with Gasteiger partial charge in [0, 0.05) is 23.2 Å². The predicted octanol–water partition coefficient (Wildman–Crippen LogP) is 2.21. The summed E-state index contributed by atoms with van der Waals surface area (Å²) in [5, 5.41) is 0.802. The fraction of sp³-hybridized carbons (Fsp3) is 0.167. The summed E-state index contributed by atoms with van der Waals surface area (Å²) < 4.78 is 0. The monoisotopic (exact) mass is 247 g/mol. The maximum absolute atomic E-state index is 11.1. The number of nitrogens with zero attached hydrogens (tertiary/aromatic N) is 1. The van der Waals surface area contributed by atoms with Crippen molar-refractivity contribution in [1.82, 2.24) is 9.97 Å². The number of aromatic nitrogens is 2. The van der Waals surface area contributed by atoms with Crippen LogP contribution in [0.15, 0.2) is 46.5 Å². The third kappa shape index (κ3) is 3.10. The Balaban J connectivity index is 2.17. The summed E-state index contributed by atoms with van der Waals surface area (Å²) in [5.41, 5.74) is 7.45. The Bertz CT molecular complexity index is 567. The Hall–Kier alpha value is -1.75. The molecule has 2 aromatic rings. The van der Waals surface area contributed by atoms with Gasteiger partial charge in [0.15, 0.2) is 5.16 Å². The molecule has 1 aromatic heterocycles. The number of anilines is 1. The second-order valence-corrected chi connectivity index (χ2v) is 5.00. The molecule has 1 unspecified atom stereocenters. The molecule has 17 heavy (non-hydrogen) atoms. The van der Waals surface area contributed by atoms with Crippen LogP contribution < -0.4 is 11.3 Å². The lowest BCUT2D eigenvalue weighted by atomic mass is 10.1. The normalized spacial score (nSPS) is 12.3. The van der Waals surface area contributed by atoms with Crippen molar-refractivity contribution < 1.29 is 0 Å². The van der Waals surface area contributed by atoms with E-state index in [-0.39, 0.29) is 10.8 Å². The van der Waals surface area contributed by atoms with Crippen LogP contribution >= 0.6 is 11.8 Å². The van der Waals surface area contributed by atoms with Crippen molar-refractivity contribution in [3.05, 3.63) is 52.4 Å². The fourth-order valence-corrected chi connectivity index (χ4v) is 2.36. The Labute approximate surface area is 103 Å². The molecule has 0 aliphatic carbocycles. The molecule has 0 amide bonds. The lowest BCUT2D eigenvalue weighted by Crippen LogP contribution is -2.05. The van der Waals surface area contributed by atoms with E-state index in [9.17, 15) is 4.79 Å². The second-order valence-electron chi connectivity index (χ2n) is 3.67. The first kappa shape index (κ1) is 11.7. The molecule has 0 fully saturated rings. The van der Waals surface area contributed by atoms with E-state index in [2.05, 4.69) is 9.97 Å². The summed E-state index contributed by atoms with van der Waals surface area (Å²) in [7, 11) is 0. The maximum atomic E-state index is 11.1. The van der Waals surface area contributed by atoms with Crippen LogP contribution in [0.3, 0.4) is 0 Å². The second kappa shape index (κ2) is 5.05. The van der Waals surface area contributed by atoms with Crippen LogP contribution in [0.25, 0.3) is 0 Å². The number of rotatable bonds is 3. The zero-order valence-corrected chi connectivity index (χ0v) is 10.2. The number of aromatic amines is 1. The summed E-state index contributed by atoms with van der Waals surface area (Å²) in [6.45, 7) is 2.05. The summed E-state index contributed by atoms with van der Waals surface area (Å²) in [4.78, 5) is 17.9. The van der Waals surface area contributed by atoms with E-state index in [0.29, 0.717) is 5.16 Å². The molecule has 0 saturated heterocycles. The number of nitrogens with two attached hydrogens (primary N) is 1. The average molecular weight is 247 g/mol. The molecular weight excluding hydrogens is 234 g/mol. The fourth-order valence-electron chi connectivity index (χ4n) is 1.46. The van der Waals surface area contributed by atoms with Gasteiger partial charge in [-0.25, -0.2) is 4.98 Å². The number of H-pyrrole nitrogens is 1. The Morgan fingerprint density at radius 1 is 1.41 bits per heavy atom. The van der Waals surface area contributed by atoms with Crippen LogP contribution in [-0.2, 0) is 0 Å². The van der Waals surface area contributed by atoms with Crippen LogP contribution in [0.1, 0.15) is 17.7 Å². The van der Waals surface area contributed by atoms with Gasteiger partial charge in [-0.1, -0.05) is 23.9 Å². The topological polar surface area (TPSA) is 71.8 Å². The van der Waals surface area contributed by atoms with Crippen molar-refractivity contribution in [2.75, 3.05) is 5.73 Å². The molecule has 3 N–H and O–H groups in total. The van der Waals surface area contributed by atoms with E-state index < -0.39 is 0 Å². The van der Waals surface area contributed by atoms with Crippen LogP contribution in [0.2, 0.25) is 0 Å². The van der Waals surface area contributed by atoms with Gasteiger partial charge in [-0.05, 0) is 24.6 Å². The Morgan fingerprint density at radius 3 is 2.94 bits per heavy atom. The predicted molar refractivity (Wildman–Crippen MR) is 70.0 cm³/mol. The van der Waals surface area contributed by atoms with Crippen LogP contribution in [-0.4, -0.2) is 9.97 Å². The Kier molecular flexibility index (Phi) is 3.49. The molecule has 88 valence electrons. The van der Waals surface area contributed by atoms with Gasteiger partial charge in [0.2, 0.25) is 0 Å². The number of benzene rings is 1. The highest BCUT2D eigenvalue weighted by atomic mass is 32.2. The van der Waals surface area contributed by atoms with Crippen molar-refractivity contribution in [3.8, 4) is 0 Å². The summed E-state index contributed by atoms with van der Waals surface area (Å²) in [5.74, 6) is 0. The van der Waals surface area contributed by atoms with Gasteiger partial charge in [0.25, 0.3) is 5.56 Å². The van der Waals surface area contributed by atoms with Crippen molar-refractivity contribution in [3.63, 3.8) is 0 Å². The van der Waals surface area contributed by atoms with Crippen molar-refractivity contribution in [2.24, 2.45) is 0 Å². The highest BCUT2D eigenvalue weighted by Crippen LogP contribution is 2.32. The minimum absolute atomic E-state index is 0.137. The van der Waals surface area contributed by atoms with E-state index in [0.717, 1.165) is 11.3 Å². The molecule has 0 bridgehead atoms. The summed E-state index contributed by atoms with van der Waals surface area (Å²) >= 11 is 1.50. The van der Waals surface area contributed by atoms with Crippen molar-refractivity contribution in [1.29, 1.82) is 0 Å². The quantitative estimate of drug-likeness (QED) is 0.495. The van der Waals surface area contributed by atoms with Crippen molar-refractivity contribution in [2.45, 2.75) is 17.3 Å². The van der Waals surface area contributed by atoms with Gasteiger partial charge in [0.1, 0.15) is 0 Å². The summed E-state index contributed by atoms with van der Waals surface area (Å²) in [6.07, 6.45) is 1.51. The largest absolute Gasteiger partial charge is 0.399 e. The average Bonchev–Trinajstić information content (AvgIpc) is 2.29. The summed E-state index contributed by atoms with van der Waals surface area (Å²) in [6, 6.07) is 9.11. The van der Waals surface area contributed by atoms with Gasteiger partial charge in [-0.2, -0.15) is 0 Å². The molecule has 1 heterocycles. The van der Waals surface area contributed by atoms with Gasteiger partial charge >= 0.3 is 0 Å². The molecule has 0 radical (unpaired) electrons. The molecule has 0 aliphatic heterocycles. The van der Waals surface area contributed by atoms with E-state index in [1.54, 1.807) is 0 Å². The van der Waals surface area contributed by atoms with Crippen LogP contribution in [0, 0.1) is 0 Å². The van der Waals surface area contributed by atoms with E-state index in [1.165, 1.54) is 24.0 Å². The number of hydrogen-bond acceptors (Lipinski definition) is 4. The first-order valence-electron chi connectivity index (χ1n) is 5.22. The van der Waals surface area contributed by atoms with Crippen LogP contribution in [0.5, 0.6) is 0 Å². The van der Waals surface area contributed by atoms with Crippen molar-refractivity contribution >= 4 is 17.4 Å². The van der Waals surface area contributed by atoms with Gasteiger partial charge in [0.05, 0.1) is 0 Å². The molecule has 0 saturated carbocycles. The number of thioether (sulfide) groups is 1. The zero-order chi connectivity index (χ0) is 12.3. The van der Waals surface area contributed by atoms with Gasteiger partial charge in [-0.3, -0.25) is 4.79 Å². The Morgan fingerprint density at radius 2 is 2.24 bits per heavy atom. The molecular formula is C12H13N3OS. The molecule has 4 nitrogen and oxygen atoms in total. The zero-order valence-electron chi connectivity index (χ0n) is 9.38. The first-order valence-corrected chi connectivity index (χ1v) is 6.10. The molecule has 2 rings (SSSR count). The van der Waals surface area contributed by atoms with Gasteiger partial charge in [-0.15, -0.1) is 0 Å². The van der Waals surface area contributed by atoms with Gasteiger partial charge < -0.3 is 10.7 Å². The highest BCUT2D eigenvalue weighted by molar-refractivity contribution is 7.99. The number of nitrogen functional groups attached to an aromatic ring is 1. The van der Waals surface area contributed by atoms with E-state index in [4.69, 9.17) is 5.73 Å². The third-order valence-corrected chi connectivity index (χ3v) is 3.37. The molecule has 1 aromatic carbocycles. The molecule has 0 spiro atoms. The minimum Gasteiger partial charge on any atom is -0.399 e. The SMILES string of the molecule is CC(Sc1nccc(=O)[nH]1)c1cccc(N)c1. The standard InChI is InChI=1S/C12H13N3OS/c1-8(9-3-2-4-10(13)7-9)17-12-14-6-5-11(16)15-12/h2-8H,13H2,1H3,(H,14,15,16). The highest BCUT2D eigenvalue weighted by Gasteiger charge is 2.08. The number of hydrogen-bond donors (Lipinski definition) is 2. The molecule has 1 atom stereocenters. The first-order chi connectivity index (χ1) is 8.15. The molecule has 0 aliphatic rings. The third-order valence-electron chi connectivity index (χ3n) is 2.32. The van der Waals surface area contributed by atoms with Crippen LogP contribution in [0.4, 0.5) is 5.69 Å². The number of nitrogens with one attached hydrogen (secondary N) is 1. The lowest BCUT2D eigenvalue weighted by molar-refractivity contribution is 0.925.